The molecule has 0 radical (unpaired) electrons. The topological polar surface area (TPSA) is 29.3 Å². The van der Waals surface area contributed by atoms with E-state index < -0.39 is 0 Å². The van der Waals surface area contributed by atoms with Crippen LogP contribution in [-0.4, -0.2) is 23.5 Å². The number of nitrogens with two attached hydrogens (primary N) is 1. The first-order valence-corrected chi connectivity index (χ1v) is 6.80. The van der Waals surface area contributed by atoms with Gasteiger partial charge < -0.3 is 5.73 Å². The van der Waals surface area contributed by atoms with Crippen molar-refractivity contribution in [3.63, 3.8) is 0 Å². The molecule has 0 aliphatic heterocycles. The molecule has 0 saturated heterocycles. The van der Waals surface area contributed by atoms with Crippen molar-refractivity contribution in [2.24, 2.45) is 5.73 Å². The first-order chi connectivity index (χ1) is 8.24. The average Bonchev–Trinajstić information content (AvgIpc) is 3.13. The predicted molar refractivity (Wildman–Crippen MR) is 72.9 cm³/mol. The summed E-state index contributed by atoms with van der Waals surface area (Å²) in [5, 5.41) is 0. The molecule has 1 aliphatic rings. The van der Waals surface area contributed by atoms with Crippen LogP contribution >= 0.6 is 0 Å². The molecule has 1 saturated carbocycles. The van der Waals surface area contributed by atoms with E-state index in [2.05, 4.69) is 49.1 Å². The molecule has 2 unspecified atom stereocenters. The normalized spacial score (nSPS) is 19.3. The molecule has 2 atom stereocenters. The van der Waals surface area contributed by atoms with Crippen molar-refractivity contribution in [2.45, 2.75) is 51.2 Å². The third-order valence-corrected chi connectivity index (χ3v) is 3.49. The Morgan fingerprint density at radius 1 is 1.29 bits per heavy atom. The van der Waals surface area contributed by atoms with Crippen molar-refractivity contribution in [2.75, 3.05) is 6.54 Å². The molecule has 1 aromatic rings. The van der Waals surface area contributed by atoms with Crippen LogP contribution in [0.2, 0.25) is 0 Å². The van der Waals surface area contributed by atoms with E-state index >= 15 is 0 Å². The van der Waals surface area contributed by atoms with Crippen LogP contribution in [0, 0.1) is 0 Å². The average molecular weight is 232 g/mol. The minimum atomic E-state index is 0.185. The molecule has 2 nitrogen and oxygen atoms in total. The van der Waals surface area contributed by atoms with E-state index in [0.717, 1.165) is 12.6 Å². The van der Waals surface area contributed by atoms with Crippen LogP contribution in [0.1, 0.15) is 44.7 Å². The van der Waals surface area contributed by atoms with Gasteiger partial charge in [0.25, 0.3) is 0 Å². The summed E-state index contributed by atoms with van der Waals surface area (Å²) in [4.78, 5) is 2.61. The number of hydrogen-bond donors (Lipinski definition) is 1. The maximum atomic E-state index is 6.22. The third-order valence-electron chi connectivity index (χ3n) is 3.49. The van der Waals surface area contributed by atoms with Crippen molar-refractivity contribution >= 4 is 0 Å². The summed E-state index contributed by atoms with van der Waals surface area (Å²) in [6, 6.07) is 12.0. The van der Waals surface area contributed by atoms with Gasteiger partial charge in [0.2, 0.25) is 0 Å². The standard InChI is InChI=1S/C15H24N2/c1-3-11-17(14-9-10-14)15(12(2)16)13-7-5-4-6-8-13/h4-8,12,14-15H,3,9-11,16H2,1-2H3. The zero-order chi connectivity index (χ0) is 12.3. The molecular formula is C15H24N2. The van der Waals surface area contributed by atoms with E-state index in [0.29, 0.717) is 6.04 Å². The van der Waals surface area contributed by atoms with Crippen LogP contribution < -0.4 is 5.73 Å². The molecule has 0 aromatic heterocycles. The predicted octanol–water partition coefficient (Wildman–Crippen LogP) is 2.95. The molecule has 2 heteroatoms. The number of nitrogens with zero attached hydrogens (tertiary/aromatic N) is 1. The van der Waals surface area contributed by atoms with Gasteiger partial charge in [-0.25, -0.2) is 0 Å². The second-order valence-corrected chi connectivity index (χ2v) is 5.18. The lowest BCUT2D eigenvalue weighted by Gasteiger charge is -2.34. The van der Waals surface area contributed by atoms with E-state index in [1.165, 1.54) is 24.8 Å². The van der Waals surface area contributed by atoms with Gasteiger partial charge in [-0.05, 0) is 38.3 Å². The zero-order valence-electron chi connectivity index (χ0n) is 11.0. The van der Waals surface area contributed by atoms with Gasteiger partial charge in [0.05, 0.1) is 0 Å². The van der Waals surface area contributed by atoms with Crippen molar-refractivity contribution < 1.29 is 0 Å². The molecule has 1 aromatic carbocycles. The zero-order valence-corrected chi connectivity index (χ0v) is 11.0. The maximum absolute atomic E-state index is 6.22. The summed E-state index contributed by atoms with van der Waals surface area (Å²) in [6.07, 6.45) is 3.89. The first kappa shape index (κ1) is 12.6. The van der Waals surface area contributed by atoms with E-state index in [4.69, 9.17) is 5.73 Å². The molecule has 17 heavy (non-hydrogen) atoms. The highest BCUT2D eigenvalue weighted by molar-refractivity contribution is 5.21. The molecule has 0 bridgehead atoms. The molecule has 0 amide bonds. The van der Waals surface area contributed by atoms with Gasteiger partial charge in [0, 0.05) is 18.1 Å². The monoisotopic (exact) mass is 232 g/mol. The molecule has 2 N–H and O–H groups in total. The van der Waals surface area contributed by atoms with Gasteiger partial charge in [0.15, 0.2) is 0 Å². The number of benzene rings is 1. The van der Waals surface area contributed by atoms with Gasteiger partial charge in [-0.1, -0.05) is 37.3 Å². The fraction of sp³-hybridized carbons (Fsp3) is 0.600. The van der Waals surface area contributed by atoms with Crippen LogP contribution in [0.4, 0.5) is 0 Å². The molecular weight excluding hydrogens is 208 g/mol. The maximum Gasteiger partial charge on any atom is 0.0499 e. The molecule has 1 aliphatic carbocycles. The number of hydrogen-bond acceptors (Lipinski definition) is 2. The van der Waals surface area contributed by atoms with Gasteiger partial charge in [0.1, 0.15) is 0 Å². The van der Waals surface area contributed by atoms with Crippen LogP contribution in [-0.2, 0) is 0 Å². The second-order valence-electron chi connectivity index (χ2n) is 5.18. The fourth-order valence-corrected chi connectivity index (χ4v) is 2.66. The lowest BCUT2D eigenvalue weighted by Crippen LogP contribution is -2.41. The summed E-state index contributed by atoms with van der Waals surface area (Å²) in [6.45, 7) is 5.53. The minimum absolute atomic E-state index is 0.185. The highest BCUT2D eigenvalue weighted by Crippen LogP contribution is 2.35. The quantitative estimate of drug-likeness (QED) is 0.817. The summed E-state index contributed by atoms with van der Waals surface area (Å²) >= 11 is 0. The highest BCUT2D eigenvalue weighted by Gasteiger charge is 2.35. The number of rotatable bonds is 6. The summed E-state index contributed by atoms with van der Waals surface area (Å²) < 4.78 is 0. The van der Waals surface area contributed by atoms with Crippen LogP contribution in [0.15, 0.2) is 30.3 Å². The molecule has 1 fully saturated rings. The van der Waals surface area contributed by atoms with Crippen LogP contribution in [0.5, 0.6) is 0 Å². The van der Waals surface area contributed by atoms with E-state index in [-0.39, 0.29) is 6.04 Å². The highest BCUT2D eigenvalue weighted by atomic mass is 15.2. The lowest BCUT2D eigenvalue weighted by atomic mass is 9.98. The summed E-state index contributed by atoms with van der Waals surface area (Å²) in [7, 11) is 0. The van der Waals surface area contributed by atoms with Crippen molar-refractivity contribution in [3.8, 4) is 0 Å². The van der Waals surface area contributed by atoms with Gasteiger partial charge in [-0.15, -0.1) is 0 Å². The Kier molecular flexibility index (Phi) is 4.19. The Hall–Kier alpha value is -0.860. The molecule has 2 rings (SSSR count). The smallest absolute Gasteiger partial charge is 0.0499 e. The van der Waals surface area contributed by atoms with Crippen molar-refractivity contribution in [1.82, 2.24) is 4.90 Å². The van der Waals surface area contributed by atoms with Crippen LogP contribution in [0.3, 0.4) is 0 Å². The SMILES string of the molecule is CCCN(C1CC1)C(c1ccccc1)C(C)N. The van der Waals surface area contributed by atoms with Crippen LogP contribution in [0.25, 0.3) is 0 Å². The van der Waals surface area contributed by atoms with E-state index in [1.807, 2.05) is 0 Å². The fourth-order valence-electron chi connectivity index (χ4n) is 2.66. The summed E-state index contributed by atoms with van der Waals surface area (Å²) in [5.74, 6) is 0. The van der Waals surface area contributed by atoms with Crippen molar-refractivity contribution in [1.29, 1.82) is 0 Å². The van der Waals surface area contributed by atoms with Crippen molar-refractivity contribution in [3.05, 3.63) is 35.9 Å². The Morgan fingerprint density at radius 2 is 1.94 bits per heavy atom. The van der Waals surface area contributed by atoms with Gasteiger partial charge in [-0.3, -0.25) is 4.90 Å². The molecule has 0 heterocycles. The second kappa shape index (κ2) is 5.65. The Balaban J connectivity index is 2.20. The molecule has 0 spiro atoms. The Morgan fingerprint density at radius 3 is 2.41 bits per heavy atom. The third kappa shape index (κ3) is 3.08. The molecule has 94 valence electrons. The van der Waals surface area contributed by atoms with Gasteiger partial charge in [-0.2, -0.15) is 0 Å². The largest absolute Gasteiger partial charge is 0.326 e. The lowest BCUT2D eigenvalue weighted by molar-refractivity contribution is 0.166. The van der Waals surface area contributed by atoms with Gasteiger partial charge >= 0.3 is 0 Å². The summed E-state index contributed by atoms with van der Waals surface area (Å²) in [5.41, 5.74) is 7.59. The minimum Gasteiger partial charge on any atom is -0.326 e. The Bertz CT molecular complexity index is 330. The Labute approximate surface area is 105 Å². The van der Waals surface area contributed by atoms with E-state index in [9.17, 15) is 0 Å². The first-order valence-electron chi connectivity index (χ1n) is 6.80. The van der Waals surface area contributed by atoms with E-state index in [1.54, 1.807) is 0 Å².